The average Bonchev–Trinajstić information content (AvgIpc) is 2.83. The summed E-state index contributed by atoms with van der Waals surface area (Å²) in [4.78, 5) is 0. The van der Waals surface area contributed by atoms with E-state index >= 15 is 0 Å². The van der Waals surface area contributed by atoms with Crippen molar-refractivity contribution in [3.63, 3.8) is 0 Å². The van der Waals surface area contributed by atoms with Gasteiger partial charge in [-0.3, -0.25) is 5.10 Å². The summed E-state index contributed by atoms with van der Waals surface area (Å²) in [5.74, 6) is -0.915. The van der Waals surface area contributed by atoms with E-state index in [0.29, 0.717) is 12.8 Å². The molecule has 1 heterocycles. The lowest BCUT2D eigenvalue weighted by atomic mass is 10.3. The monoisotopic (exact) mass is 341 g/mol. The van der Waals surface area contributed by atoms with Crippen LogP contribution in [-0.2, 0) is 10.1 Å². The molecule has 0 fully saturated rings. The molecule has 1 aromatic heterocycles. The molecule has 0 amide bonds. The van der Waals surface area contributed by atoms with Gasteiger partial charge in [-0.2, -0.15) is 13.5 Å². The highest BCUT2D eigenvalue weighted by Gasteiger charge is 2.20. The minimum absolute atomic E-state index is 0.00848. The number of nitrogens with one attached hydrogen (secondary N) is 1. The molecule has 0 aliphatic heterocycles. The number of halogens is 1. The van der Waals surface area contributed by atoms with Crippen molar-refractivity contribution in [1.29, 1.82) is 0 Å². The molecule has 0 saturated carbocycles. The SMILES string of the molecule is CCCCS(=O)(=O)Oc1n[nH]c(N)c1N=Nc1cccc(F)c1. The van der Waals surface area contributed by atoms with Crippen LogP contribution in [-0.4, -0.2) is 24.4 Å². The molecule has 0 bridgehead atoms. The van der Waals surface area contributed by atoms with Crippen LogP contribution in [0.1, 0.15) is 19.8 Å². The first-order valence-corrected chi connectivity index (χ1v) is 8.42. The molecule has 124 valence electrons. The number of nitrogen functional groups attached to an aromatic ring is 1. The second-order valence-electron chi connectivity index (χ2n) is 4.67. The van der Waals surface area contributed by atoms with E-state index in [1.54, 1.807) is 0 Å². The van der Waals surface area contributed by atoms with Crippen LogP contribution in [0.4, 0.5) is 21.6 Å². The first-order chi connectivity index (χ1) is 10.9. The van der Waals surface area contributed by atoms with Gasteiger partial charge in [0.1, 0.15) is 5.82 Å². The summed E-state index contributed by atoms with van der Waals surface area (Å²) in [7, 11) is -3.80. The molecule has 8 nitrogen and oxygen atoms in total. The van der Waals surface area contributed by atoms with Crippen LogP contribution >= 0.6 is 0 Å². The fourth-order valence-electron chi connectivity index (χ4n) is 1.62. The van der Waals surface area contributed by atoms with Crippen molar-refractivity contribution < 1.29 is 17.0 Å². The number of nitrogens with zero attached hydrogens (tertiary/aromatic N) is 3. The Bertz CT molecular complexity index is 804. The maximum atomic E-state index is 13.1. The second-order valence-corrected chi connectivity index (χ2v) is 6.36. The van der Waals surface area contributed by atoms with E-state index in [1.807, 2.05) is 6.92 Å². The van der Waals surface area contributed by atoms with Crippen LogP contribution in [0, 0.1) is 5.82 Å². The van der Waals surface area contributed by atoms with Crippen molar-refractivity contribution >= 4 is 27.3 Å². The van der Waals surface area contributed by atoms with Crippen LogP contribution in [0.2, 0.25) is 0 Å². The molecular formula is C13H16FN5O3S. The third-order valence-electron chi connectivity index (χ3n) is 2.76. The summed E-state index contributed by atoms with van der Waals surface area (Å²) in [6.45, 7) is 1.86. The number of nitrogens with two attached hydrogens (primary N) is 1. The quantitative estimate of drug-likeness (QED) is 0.592. The van der Waals surface area contributed by atoms with E-state index in [4.69, 9.17) is 9.92 Å². The Balaban J connectivity index is 2.22. The lowest BCUT2D eigenvalue weighted by Crippen LogP contribution is -2.13. The minimum Gasteiger partial charge on any atom is -0.382 e. The Morgan fingerprint density at radius 2 is 2.17 bits per heavy atom. The Kier molecular flexibility index (Phi) is 5.27. The van der Waals surface area contributed by atoms with E-state index in [0.717, 1.165) is 6.07 Å². The van der Waals surface area contributed by atoms with Crippen LogP contribution in [0.15, 0.2) is 34.5 Å². The van der Waals surface area contributed by atoms with Crippen LogP contribution < -0.4 is 9.92 Å². The molecule has 0 unspecified atom stereocenters. The zero-order valence-corrected chi connectivity index (χ0v) is 13.2. The number of H-pyrrole nitrogens is 1. The van der Waals surface area contributed by atoms with Gasteiger partial charge in [-0.15, -0.1) is 10.2 Å². The third kappa shape index (κ3) is 4.74. The molecule has 0 saturated heterocycles. The number of aromatic amines is 1. The topological polar surface area (TPSA) is 123 Å². The maximum absolute atomic E-state index is 13.1. The standard InChI is InChI=1S/C13H16FN5O3S/c1-2-3-7-23(20,21)22-13-11(12(15)18-19-13)17-16-10-6-4-5-9(14)8-10/h4-6,8H,2-3,7H2,1H3,(H3,15,18,19). The number of aromatic nitrogens is 2. The second kappa shape index (κ2) is 7.18. The zero-order valence-electron chi connectivity index (χ0n) is 12.4. The number of unbranched alkanes of at least 4 members (excludes halogenated alkanes) is 1. The van der Waals surface area contributed by atoms with Gasteiger partial charge in [-0.25, -0.2) is 4.39 Å². The van der Waals surface area contributed by atoms with Gasteiger partial charge in [-0.05, 0) is 18.6 Å². The summed E-state index contributed by atoms with van der Waals surface area (Å²) >= 11 is 0. The number of anilines is 1. The first kappa shape index (κ1) is 16.9. The molecule has 3 N–H and O–H groups in total. The lowest BCUT2D eigenvalue weighted by molar-refractivity contribution is 0.473. The van der Waals surface area contributed by atoms with E-state index in [1.165, 1.54) is 18.2 Å². The number of rotatable bonds is 7. The Labute approximate surface area is 132 Å². The Hall–Kier alpha value is -2.49. The highest BCUT2D eigenvalue weighted by molar-refractivity contribution is 7.87. The van der Waals surface area contributed by atoms with Crippen molar-refractivity contribution in [3.8, 4) is 5.88 Å². The minimum atomic E-state index is -3.80. The molecule has 2 rings (SSSR count). The molecule has 0 aliphatic carbocycles. The average molecular weight is 341 g/mol. The molecule has 0 radical (unpaired) electrons. The van der Waals surface area contributed by atoms with Gasteiger partial charge in [-0.1, -0.05) is 19.4 Å². The summed E-state index contributed by atoms with van der Waals surface area (Å²) in [5.41, 5.74) is 5.81. The van der Waals surface area contributed by atoms with Crippen LogP contribution in [0.3, 0.4) is 0 Å². The summed E-state index contributed by atoms with van der Waals surface area (Å²) in [6, 6.07) is 5.43. The van der Waals surface area contributed by atoms with Crippen molar-refractivity contribution in [3.05, 3.63) is 30.1 Å². The van der Waals surface area contributed by atoms with Crippen molar-refractivity contribution in [1.82, 2.24) is 10.2 Å². The number of benzene rings is 1. The predicted octanol–water partition coefficient (Wildman–Crippen LogP) is 3.06. The van der Waals surface area contributed by atoms with Gasteiger partial charge in [0, 0.05) is 6.07 Å². The fourth-order valence-corrected chi connectivity index (χ4v) is 2.70. The van der Waals surface area contributed by atoms with Crippen LogP contribution in [0.5, 0.6) is 5.88 Å². The lowest BCUT2D eigenvalue weighted by Gasteiger charge is -2.03. The third-order valence-corrected chi connectivity index (χ3v) is 3.96. The van der Waals surface area contributed by atoms with E-state index < -0.39 is 15.9 Å². The van der Waals surface area contributed by atoms with Gasteiger partial charge in [0.05, 0.1) is 11.4 Å². The number of azo groups is 1. The first-order valence-electron chi connectivity index (χ1n) is 6.84. The molecule has 1 aromatic carbocycles. The van der Waals surface area contributed by atoms with Gasteiger partial charge in [0.15, 0.2) is 11.5 Å². The Morgan fingerprint density at radius 1 is 1.39 bits per heavy atom. The molecule has 0 aliphatic rings. The van der Waals surface area contributed by atoms with Gasteiger partial charge < -0.3 is 9.92 Å². The van der Waals surface area contributed by atoms with Crippen molar-refractivity contribution in [2.75, 3.05) is 11.5 Å². The van der Waals surface area contributed by atoms with Crippen LogP contribution in [0.25, 0.3) is 0 Å². The van der Waals surface area contributed by atoms with E-state index in [2.05, 4.69) is 20.4 Å². The number of hydrogen-bond donors (Lipinski definition) is 2. The van der Waals surface area contributed by atoms with Gasteiger partial charge in [0.2, 0.25) is 0 Å². The highest BCUT2D eigenvalue weighted by atomic mass is 32.2. The summed E-state index contributed by atoms with van der Waals surface area (Å²) in [6.07, 6.45) is 1.17. The smallest absolute Gasteiger partial charge is 0.310 e. The van der Waals surface area contributed by atoms with E-state index in [9.17, 15) is 12.8 Å². The van der Waals surface area contributed by atoms with E-state index in [-0.39, 0.29) is 28.8 Å². The van der Waals surface area contributed by atoms with Gasteiger partial charge in [0.25, 0.3) is 5.88 Å². The fraction of sp³-hybridized carbons (Fsp3) is 0.308. The molecule has 2 aromatic rings. The van der Waals surface area contributed by atoms with Gasteiger partial charge >= 0.3 is 10.1 Å². The summed E-state index contributed by atoms with van der Waals surface area (Å²) < 4.78 is 41.6. The highest BCUT2D eigenvalue weighted by Crippen LogP contribution is 2.33. The Morgan fingerprint density at radius 3 is 2.87 bits per heavy atom. The maximum Gasteiger partial charge on any atom is 0.310 e. The molecule has 0 atom stereocenters. The number of hydrogen-bond acceptors (Lipinski definition) is 7. The molecule has 0 spiro atoms. The van der Waals surface area contributed by atoms with Crippen molar-refractivity contribution in [2.45, 2.75) is 19.8 Å². The normalized spacial score (nSPS) is 11.9. The molecule has 10 heteroatoms. The summed E-state index contributed by atoms with van der Waals surface area (Å²) in [5, 5.41) is 13.6. The largest absolute Gasteiger partial charge is 0.382 e. The molecular weight excluding hydrogens is 325 g/mol. The van der Waals surface area contributed by atoms with Crippen molar-refractivity contribution in [2.24, 2.45) is 10.2 Å². The predicted molar refractivity (Wildman–Crippen MR) is 82.9 cm³/mol. The zero-order chi connectivity index (χ0) is 16.9. The molecule has 23 heavy (non-hydrogen) atoms.